The average Bonchev–Trinajstić information content (AvgIpc) is 2.86. The molecule has 0 radical (unpaired) electrons. The summed E-state index contributed by atoms with van der Waals surface area (Å²) in [5.41, 5.74) is 1.41. The number of benzene rings is 1. The maximum atomic E-state index is 12.1. The van der Waals surface area contributed by atoms with Gasteiger partial charge in [0.25, 0.3) is 9.05 Å². The third-order valence-corrected chi connectivity index (χ3v) is 4.65. The maximum Gasteiger partial charge on any atom is 0.306 e. The highest BCUT2D eigenvalue weighted by molar-refractivity contribution is 8.13. The zero-order chi connectivity index (χ0) is 15.6. The van der Waals surface area contributed by atoms with Crippen molar-refractivity contribution in [2.75, 3.05) is 18.6 Å². The van der Waals surface area contributed by atoms with Crippen molar-refractivity contribution in [2.24, 2.45) is 0 Å². The first-order chi connectivity index (χ1) is 9.82. The van der Waals surface area contributed by atoms with Crippen molar-refractivity contribution < 1.29 is 22.7 Å². The fourth-order valence-corrected chi connectivity index (χ4v) is 3.04. The third kappa shape index (κ3) is 3.54. The number of rotatable bonds is 4. The van der Waals surface area contributed by atoms with Crippen LogP contribution in [0.5, 0.6) is 0 Å². The van der Waals surface area contributed by atoms with Gasteiger partial charge in [-0.05, 0) is 30.2 Å². The summed E-state index contributed by atoms with van der Waals surface area (Å²) in [6, 6.07) is 4.41. The standard InChI is InChI=1S/C13H14ClNO5S/c1-20-13(17)5-4-12(16)15-7-6-9-8-10(21(14,18)19)2-3-11(9)15/h2-3,8H,4-7H2,1H3. The van der Waals surface area contributed by atoms with Crippen LogP contribution in [0.15, 0.2) is 23.1 Å². The molecule has 1 aromatic carbocycles. The molecule has 1 amide bonds. The summed E-state index contributed by atoms with van der Waals surface area (Å²) in [4.78, 5) is 24.7. The Morgan fingerprint density at radius 3 is 2.67 bits per heavy atom. The number of methoxy groups -OCH3 is 1. The molecule has 0 saturated heterocycles. The van der Waals surface area contributed by atoms with E-state index in [1.54, 1.807) is 11.0 Å². The van der Waals surface area contributed by atoms with Crippen molar-refractivity contribution in [1.82, 2.24) is 0 Å². The van der Waals surface area contributed by atoms with E-state index in [2.05, 4.69) is 4.74 Å². The summed E-state index contributed by atoms with van der Waals surface area (Å²) in [6.07, 6.45) is 0.635. The lowest BCUT2D eigenvalue weighted by atomic mass is 10.2. The van der Waals surface area contributed by atoms with Gasteiger partial charge < -0.3 is 9.64 Å². The number of anilines is 1. The lowest BCUT2D eigenvalue weighted by molar-refractivity contribution is -0.141. The Hall–Kier alpha value is -1.60. The minimum Gasteiger partial charge on any atom is -0.469 e. The number of ether oxygens (including phenoxy) is 1. The number of fused-ring (bicyclic) bond motifs is 1. The molecule has 0 saturated carbocycles. The van der Waals surface area contributed by atoms with Gasteiger partial charge in [0.2, 0.25) is 5.91 Å². The molecule has 1 aliphatic heterocycles. The van der Waals surface area contributed by atoms with Crippen molar-refractivity contribution in [3.05, 3.63) is 23.8 Å². The molecule has 0 bridgehead atoms. The molecule has 0 aromatic heterocycles. The molecule has 2 rings (SSSR count). The third-order valence-electron chi connectivity index (χ3n) is 3.30. The second kappa shape index (κ2) is 6.03. The summed E-state index contributed by atoms with van der Waals surface area (Å²) < 4.78 is 27.1. The van der Waals surface area contributed by atoms with Crippen molar-refractivity contribution in [1.29, 1.82) is 0 Å². The number of hydrogen-bond donors (Lipinski definition) is 0. The number of hydrogen-bond acceptors (Lipinski definition) is 5. The highest BCUT2D eigenvalue weighted by Gasteiger charge is 2.26. The molecular formula is C13H14ClNO5S. The van der Waals surface area contributed by atoms with Crippen LogP contribution in [0.1, 0.15) is 18.4 Å². The largest absolute Gasteiger partial charge is 0.469 e. The van der Waals surface area contributed by atoms with Crippen molar-refractivity contribution >= 4 is 37.3 Å². The van der Waals surface area contributed by atoms with Gasteiger partial charge in [0.1, 0.15) is 0 Å². The first kappa shape index (κ1) is 15.8. The predicted octanol–water partition coefficient (Wildman–Crippen LogP) is 1.46. The van der Waals surface area contributed by atoms with Crippen molar-refractivity contribution in [3.8, 4) is 0 Å². The maximum absolute atomic E-state index is 12.1. The van der Waals surface area contributed by atoms with Crippen LogP contribution in [0.4, 0.5) is 5.69 Å². The van der Waals surface area contributed by atoms with Gasteiger partial charge in [-0.2, -0.15) is 0 Å². The van der Waals surface area contributed by atoms with Crippen LogP contribution in [0.2, 0.25) is 0 Å². The molecule has 6 nitrogen and oxygen atoms in total. The average molecular weight is 332 g/mol. The minimum absolute atomic E-state index is 0.0202. The van der Waals surface area contributed by atoms with Crippen LogP contribution in [0, 0.1) is 0 Å². The molecule has 0 unspecified atom stereocenters. The molecule has 8 heteroatoms. The Morgan fingerprint density at radius 1 is 1.33 bits per heavy atom. The van der Waals surface area contributed by atoms with E-state index in [9.17, 15) is 18.0 Å². The quantitative estimate of drug-likeness (QED) is 0.616. The highest BCUT2D eigenvalue weighted by Crippen LogP contribution is 2.31. The Kier molecular flexibility index (Phi) is 4.53. The number of amides is 1. The van der Waals surface area contributed by atoms with Crippen molar-refractivity contribution in [2.45, 2.75) is 24.2 Å². The first-order valence-corrected chi connectivity index (χ1v) is 8.58. The van der Waals surface area contributed by atoms with Gasteiger partial charge >= 0.3 is 5.97 Å². The Labute approximate surface area is 127 Å². The Bertz CT molecular complexity index is 686. The second-order valence-electron chi connectivity index (χ2n) is 4.60. The van der Waals surface area contributed by atoms with Gasteiger partial charge in [0, 0.05) is 29.3 Å². The molecule has 0 spiro atoms. The molecule has 0 fully saturated rings. The summed E-state index contributed by atoms with van der Waals surface area (Å²) >= 11 is 0. The van der Waals surface area contributed by atoms with Crippen molar-refractivity contribution in [3.63, 3.8) is 0 Å². The van der Waals surface area contributed by atoms with Gasteiger partial charge in [-0.1, -0.05) is 0 Å². The lowest BCUT2D eigenvalue weighted by Gasteiger charge is -2.17. The van der Waals surface area contributed by atoms with Gasteiger partial charge in [0.05, 0.1) is 18.4 Å². The summed E-state index contributed by atoms with van der Waals surface area (Å²) in [7, 11) is 2.79. The van der Waals surface area contributed by atoms with E-state index in [-0.39, 0.29) is 23.6 Å². The highest BCUT2D eigenvalue weighted by atomic mass is 35.7. The summed E-state index contributed by atoms with van der Waals surface area (Å²) in [5.74, 6) is -0.632. The van der Waals surface area contributed by atoms with E-state index in [1.165, 1.54) is 19.2 Å². The zero-order valence-electron chi connectivity index (χ0n) is 11.3. The number of halogens is 1. The summed E-state index contributed by atoms with van der Waals surface area (Å²) in [5, 5.41) is 0. The number of esters is 1. The van der Waals surface area contributed by atoms with Crippen LogP contribution in [0.25, 0.3) is 0 Å². The van der Waals surface area contributed by atoms with Gasteiger partial charge in [-0.25, -0.2) is 8.42 Å². The second-order valence-corrected chi connectivity index (χ2v) is 7.17. The van der Waals surface area contributed by atoms with Gasteiger partial charge in [0.15, 0.2) is 0 Å². The van der Waals surface area contributed by atoms with E-state index in [1.807, 2.05) is 0 Å². The van der Waals surface area contributed by atoms with E-state index >= 15 is 0 Å². The summed E-state index contributed by atoms with van der Waals surface area (Å²) in [6.45, 7) is 0.459. The number of carbonyl (C=O) groups is 2. The molecule has 0 N–H and O–H groups in total. The predicted molar refractivity (Wildman–Crippen MR) is 76.8 cm³/mol. The van der Waals surface area contributed by atoms with E-state index in [0.717, 1.165) is 5.56 Å². The Morgan fingerprint density at radius 2 is 2.05 bits per heavy atom. The molecule has 114 valence electrons. The molecule has 1 heterocycles. The number of carbonyl (C=O) groups excluding carboxylic acids is 2. The normalized spacial score (nSPS) is 13.9. The molecule has 1 aliphatic rings. The smallest absolute Gasteiger partial charge is 0.306 e. The van der Waals surface area contributed by atoms with E-state index < -0.39 is 15.0 Å². The van der Waals surface area contributed by atoms with Crippen LogP contribution < -0.4 is 4.90 Å². The molecule has 0 aliphatic carbocycles. The van der Waals surface area contributed by atoms with E-state index in [0.29, 0.717) is 18.7 Å². The fraction of sp³-hybridized carbons (Fsp3) is 0.385. The first-order valence-electron chi connectivity index (χ1n) is 6.27. The fourth-order valence-electron chi connectivity index (χ4n) is 2.23. The van der Waals surface area contributed by atoms with Crippen LogP contribution in [-0.2, 0) is 29.8 Å². The zero-order valence-corrected chi connectivity index (χ0v) is 12.9. The van der Waals surface area contributed by atoms with Crippen LogP contribution >= 0.6 is 10.7 Å². The minimum atomic E-state index is -3.78. The Balaban J connectivity index is 2.15. The van der Waals surface area contributed by atoms with Crippen LogP contribution in [0.3, 0.4) is 0 Å². The molecular weight excluding hydrogens is 318 g/mol. The number of nitrogens with zero attached hydrogens (tertiary/aromatic N) is 1. The monoisotopic (exact) mass is 331 g/mol. The topological polar surface area (TPSA) is 80.8 Å². The molecule has 0 atom stereocenters. The SMILES string of the molecule is COC(=O)CCC(=O)N1CCc2cc(S(=O)(=O)Cl)ccc21. The molecule has 1 aromatic rings. The van der Waals surface area contributed by atoms with E-state index in [4.69, 9.17) is 10.7 Å². The van der Waals surface area contributed by atoms with Gasteiger partial charge in [-0.15, -0.1) is 0 Å². The lowest BCUT2D eigenvalue weighted by Crippen LogP contribution is -2.29. The van der Waals surface area contributed by atoms with Crippen LogP contribution in [-0.4, -0.2) is 33.9 Å². The molecule has 21 heavy (non-hydrogen) atoms. The van der Waals surface area contributed by atoms with Gasteiger partial charge in [-0.3, -0.25) is 9.59 Å².